The van der Waals surface area contributed by atoms with Gasteiger partial charge in [-0.2, -0.15) is 0 Å². The summed E-state index contributed by atoms with van der Waals surface area (Å²) in [6.45, 7) is 5.94. The number of carbonyl (C=O) groups is 1. The molecule has 0 unspecified atom stereocenters. The second-order valence-electron chi connectivity index (χ2n) is 5.78. The van der Waals surface area contributed by atoms with Crippen molar-refractivity contribution in [3.05, 3.63) is 53.2 Å². The zero-order valence-corrected chi connectivity index (χ0v) is 11.9. The molecule has 2 aromatic carbocycles. The highest BCUT2D eigenvalue weighted by Gasteiger charge is 2.37. The van der Waals surface area contributed by atoms with Crippen LogP contribution in [0, 0.1) is 12.3 Å². The fourth-order valence-electron chi connectivity index (χ4n) is 2.52. The Morgan fingerprint density at radius 2 is 1.80 bits per heavy atom. The molecule has 2 aromatic rings. The first-order valence-corrected chi connectivity index (χ1v) is 6.77. The van der Waals surface area contributed by atoms with Gasteiger partial charge in [-0.3, -0.25) is 10.2 Å². The molecule has 1 amide bonds. The smallest absolute Gasteiger partial charge is 0.249 e. The Hall–Kier alpha value is -2.29. The van der Waals surface area contributed by atoms with Crippen molar-refractivity contribution in [3.8, 4) is 0 Å². The third kappa shape index (κ3) is 1.86. The molecule has 0 saturated carbocycles. The number of fused-ring (bicyclic) bond motifs is 1. The monoisotopic (exact) mass is 266 g/mol. The maximum absolute atomic E-state index is 11.8. The average molecular weight is 266 g/mol. The van der Waals surface area contributed by atoms with Crippen LogP contribution in [-0.4, -0.2) is 5.91 Å². The lowest BCUT2D eigenvalue weighted by Gasteiger charge is -2.15. The highest BCUT2D eigenvalue weighted by atomic mass is 16.2. The van der Waals surface area contributed by atoms with Crippen LogP contribution >= 0.6 is 0 Å². The van der Waals surface area contributed by atoms with Gasteiger partial charge in [-0.1, -0.05) is 36.4 Å². The van der Waals surface area contributed by atoms with Crippen molar-refractivity contribution in [1.29, 1.82) is 0 Å². The summed E-state index contributed by atoms with van der Waals surface area (Å²) >= 11 is 0. The van der Waals surface area contributed by atoms with Crippen LogP contribution in [-0.2, 0) is 4.79 Å². The predicted molar refractivity (Wildman–Crippen MR) is 81.7 cm³/mol. The molecule has 1 aliphatic heterocycles. The van der Waals surface area contributed by atoms with Gasteiger partial charge in [0.1, 0.15) is 0 Å². The summed E-state index contributed by atoms with van der Waals surface area (Å²) < 4.78 is 0. The lowest BCUT2D eigenvalue weighted by molar-refractivity contribution is -0.125. The van der Waals surface area contributed by atoms with Gasteiger partial charge in [0.2, 0.25) is 5.91 Å². The maximum Gasteiger partial charge on any atom is 0.249 e. The van der Waals surface area contributed by atoms with E-state index in [0.29, 0.717) is 0 Å². The largest absolute Gasteiger partial charge is 0.302 e. The minimum absolute atomic E-state index is 0.00152. The van der Waals surface area contributed by atoms with Crippen molar-refractivity contribution in [1.82, 2.24) is 10.9 Å². The predicted octanol–water partition coefficient (Wildman–Crippen LogP) is 3.15. The van der Waals surface area contributed by atoms with Gasteiger partial charge in [0.15, 0.2) is 0 Å². The van der Waals surface area contributed by atoms with Crippen molar-refractivity contribution in [3.63, 3.8) is 0 Å². The summed E-state index contributed by atoms with van der Waals surface area (Å²) in [5.74, 6) is 0.00152. The first kappa shape index (κ1) is 12.7. The maximum atomic E-state index is 11.8. The van der Waals surface area contributed by atoms with Gasteiger partial charge >= 0.3 is 0 Å². The Kier molecular flexibility index (Phi) is 2.78. The SMILES string of the molecule is Cc1ccc2ccccc2c1/C=C1\NNC(=O)C1(C)C. The molecule has 0 aromatic heterocycles. The zero-order valence-electron chi connectivity index (χ0n) is 11.9. The van der Waals surface area contributed by atoms with Gasteiger partial charge in [0, 0.05) is 5.70 Å². The number of benzene rings is 2. The molecule has 0 radical (unpaired) electrons. The van der Waals surface area contributed by atoms with Crippen LogP contribution in [0.1, 0.15) is 25.0 Å². The van der Waals surface area contributed by atoms with Gasteiger partial charge in [-0.25, -0.2) is 0 Å². The molecule has 0 spiro atoms. The number of aryl methyl sites for hydroxylation is 1. The minimum atomic E-state index is -0.524. The molecule has 0 aliphatic carbocycles. The standard InChI is InChI=1S/C17H18N2O/c1-11-8-9-12-6-4-5-7-13(12)14(11)10-15-17(2,3)16(20)19-18-15/h4-10,18H,1-3H3,(H,19,20)/b15-10-. The second-order valence-corrected chi connectivity index (χ2v) is 5.78. The van der Waals surface area contributed by atoms with Crippen LogP contribution in [0.5, 0.6) is 0 Å². The fourth-order valence-corrected chi connectivity index (χ4v) is 2.52. The highest BCUT2D eigenvalue weighted by molar-refractivity contribution is 5.94. The van der Waals surface area contributed by atoms with E-state index in [9.17, 15) is 4.79 Å². The first-order valence-electron chi connectivity index (χ1n) is 6.77. The fraction of sp³-hybridized carbons (Fsp3) is 0.235. The van der Waals surface area contributed by atoms with Crippen molar-refractivity contribution >= 4 is 22.8 Å². The number of nitrogens with one attached hydrogen (secondary N) is 2. The third-order valence-electron chi connectivity index (χ3n) is 4.03. The Balaban J connectivity index is 2.21. The van der Waals surface area contributed by atoms with Crippen molar-refractivity contribution in [2.75, 3.05) is 0 Å². The number of carbonyl (C=O) groups excluding carboxylic acids is 1. The molecule has 3 heteroatoms. The number of rotatable bonds is 1. The summed E-state index contributed by atoms with van der Waals surface area (Å²) in [4.78, 5) is 11.8. The quantitative estimate of drug-likeness (QED) is 0.832. The second kappa shape index (κ2) is 4.37. The van der Waals surface area contributed by atoms with Crippen LogP contribution in [0.25, 0.3) is 16.8 Å². The van der Waals surface area contributed by atoms with Crippen molar-refractivity contribution in [2.24, 2.45) is 5.41 Å². The molecule has 3 nitrogen and oxygen atoms in total. The first-order chi connectivity index (χ1) is 9.50. The lowest BCUT2D eigenvalue weighted by Crippen LogP contribution is -2.28. The number of amides is 1. The van der Waals surface area contributed by atoms with E-state index in [1.807, 2.05) is 26.0 Å². The average Bonchev–Trinajstić information content (AvgIpc) is 2.68. The van der Waals surface area contributed by atoms with Crippen LogP contribution in [0.3, 0.4) is 0 Å². The molecule has 1 heterocycles. The molecule has 0 atom stereocenters. The molecule has 1 aliphatic rings. The summed E-state index contributed by atoms with van der Waals surface area (Å²) in [7, 11) is 0. The number of hydrogen-bond donors (Lipinski definition) is 2. The zero-order chi connectivity index (χ0) is 14.3. The van der Waals surface area contributed by atoms with Crippen molar-refractivity contribution in [2.45, 2.75) is 20.8 Å². The van der Waals surface area contributed by atoms with Gasteiger partial charge < -0.3 is 5.43 Å². The van der Waals surface area contributed by atoms with Crippen LogP contribution in [0.15, 0.2) is 42.1 Å². The summed E-state index contributed by atoms with van der Waals surface area (Å²) in [6, 6.07) is 12.5. The van der Waals surface area contributed by atoms with Crippen molar-refractivity contribution < 1.29 is 4.79 Å². The Morgan fingerprint density at radius 3 is 2.50 bits per heavy atom. The number of hydrogen-bond acceptors (Lipinski definition) is 2. The molecule has 0 bridgehead atoms. The molecular weight excluding hydrogens is 248 g/mol. The van der Waals surface area contributed by atoms with Gasteiger partial charge in [-0.05, 0) is 48.7 Å². The topological polar surface area (TPSA) is 41.1 Å². The van der Waals surface area contributed by atoms with E-state index in [1.165, 1.54) is 16.3 Å². The van der Waals surface area contributed by atoms with Gasteiger partial charge in [0.05, 0.1) is 5.41 Å². The van der Waals surface area contributed by atoms with E-state index >= 15 is 0 Å². The van der Waals surface area contributed by atoms with Crippen LogP contribution in [0.4, 0.5) is 0 Å². The minimum Gasteiger partial charge on any atom is -0.302 e. The normalized spacial score (nSPS) is 19.1. The molecule has 1 fully saturated rings. The number of hydrazine groups is 1. The Labute approximate surface area is 118 Å². The third-order valence-corrected chi connectivity index (χ3v) is 4.03. The Bertz CT molecular complexity index is 729. The lowest BCUT2D eigenvalue weighted by atomic mass is 9.87. The molecule has 3 rings (SSSR count). The molecule has 1 saturated heterocycles. The highest BCUT2D eigenvalue weighted by Crippen LogP contribution is 2.32. The molecule has 102 valence electrons. The molecule has 20 heavy (non-hydrogen) atoms. The van der Waals surface area contributed by atoms with E-state index in [0.717, 1.165) is 11.3 Å². The summed E-state index contributed by atoms with van der Waals surface area (Å²) in [6.07, 6.45) is 2.08. The van der Waals surface area contributed by atoms with Crippen LogP contribution in [0.2, 0.25) is 0 Å². The Morgan fingerprint density at radius 1 is 1.05 bits per heavy atom. The summed E-state index contributed by atoms with van der Waals surface area (Å²) in [5.41, 5.74) is 8.43. The molecule has 2 N–H and O–H groups in total. The van der Waals surface area contributed by atoms with Gasteiger partial charge in [0.25, 0.3) is 0 Å². The van der Waals surface area contributed by atoms with E-state index in [-0.39, 0.29) is 5.91 Å². The summed E-state index contributed by atoms with van der Waals surface area (Å²) in [5, 5.41) is 2.41. The van der Waals surface area contributed by atoms with E-state index in [4.69, 9.17) is 0 Å². The molecular formula is C17H18N2O. The van der Waals surface area contributed by atoms with Gasteiger partial charge in [-0.15, -0.1) is 0 Å². The van der Waals surface area contributed by atoms with E-state index in [1.54, 1.807) is 0 Å². The van der Waals surface area contributed by atoms with Crippen LogP contribution < -0.4 is 10.9 Å². The van der Waals surface area contributed by atoms with E-state index in [2.05, 4.69) is 48.1 Å². The van der Waals surface area contributed by atoms with E-state index < -0.39 is 5.41 Å².